The van der Waals surface area contributed by atoms with Gasteiger partial charge in [0, 0.05) is 89.5 Å². The van der Waals surface area contributed by atoms with Crippen LogP contribution in [0.15, 0.2) is 121 Å². The van der Waals surface area contributed by atoms with Gasteiger partial charge in [-0.05, 0) is 173 Å². The highest BCUT2D eigenvalue weighted by molar-refractivity contribution is 7.80. The SMILES string of the molecule is COC(=O)[C@H](CCCCNC(=O)c1ccc(N(N)/C2=C(\N)CC[C@H]3[C@@H](CC2)[C@H]3COC(=O)NCCNC(=S)Nc2ccc3c(c2)C(=O)OC32c3ccc(O)cc3Oc3cc(O)ccc32)cc1)NC(=O)CC[C@H](NC(=O)CC[C@H](NC(=O)c1ccc(NCc2cnc3nc(N)nc(O)c3n2)cc1)C(=O)O)C(=O)O. The molecule has 19 N–H and O–H groups in total. The highest BCUT2D eigenvalue weighted by Crippen LogP contribution is 2.58. The number of hydrazine groups is 1. The number of benzene rings is 5. The van der Waals surface area contributed by atoms with Crippen LogP contribution in [0.2, 0.25) is 0 Å². The largest absolute Gasteiger partial charge is 0.508 e. The number of aliphatic carboxylic acids is 2. The average molecular weight is 1490 g/mol. The number of phenols is 2. The van der Waals surface area contributed by atoms with Crippen molar-refractivity contribution >= 4 is 105 Å². The number of hydrogen-bond acceptors (Lipinski definition) is 26. The maximum absolute atomic E-state index is 13.6. The number of alkyl carbamates (subject to hydrolysis) is 1. The van der Waals surface area contributed by atoms with Gasteiger partial charge in [-0.25, -0.2) is 39.8 Å². The van der Waals surface area contributed by atoms with Crippen LogP contribution in [0.25, 0.3) is 11.2 Å². The number of hydrogen-bond donors (Lipinski definition) is 16. The van der Waals surface area contributed by atoms with Gasteiger partial charge >= 0.3 is 30.0 Å². The zero-order valence-corrected chi connectivity index (χ0v) is 58.4. The first-order valence-electron chi connectivity index (χ1n) is 34.2. The van der Waals surface area contributed by atoms with Crippen molar-refractivity contribution in [2.45, 2.75) is 101 Å². The van der Waals surface area contributed by atoms with Crippen LogP contribution in [0.5, 0.6) is 28.9 Å². The van der Waals surface area contributed by atoms with E-state index in [0.29, 0.717) is 82.3 Å². The van der Waals surface area contributed by atoms with Crippen molar-refractivity contribution in [3.05, 3.63) is 160 Å². The molecule has 35 heteroatoms. The van der Waals surface area contributed by atoms with Gasteiger partial charge < -0.3 is 98.5 Å². The Kier molecular flexibility index (Phi) is 23.6. The van der Waals surface area contributed by atoms with E-state index in [1.807, 2.05) is 0 Å². The Morgan fingerprint density at radius 2 is 1.29 bits per heavy atom. The predicted octanol–water partition coefficient (Wildman–Crippen LogP) is 4.87. The Morgan fingerprint density at radius 3 is 1.95 bits per heavy atom. The number of amides is 5. The van der Waals surface area contributed by atoms with Crippen LogP contribution in [-0.2, 0) is 50.3 Å². The Morgan fingerprint density at radius 1 is 0.682 bits per heavy atom. The first-order chi connectivity index (χ1) is 51.3. The molecule has 2 aromatic heterocycles. The van der Waals surface area contributed by atoms with E-state index in [1.165, 1.54) is 47.6 Å². The standard InChI is InChI=1S/C72H78N16O18S/c1-103-68(101)54(84-59(92)25-22-52(65(96)97)83-58(91)26-23-53(66(98)99)85-63(94)37-5-9-38(10-6-37)79-33-40-34-80-61-60(81-40)64(95)87-69(74)86-61)4-2-3-27-76-62(93)36-7-12-41(13-8-36)88(75)55-24-17-45-44(16-21-51(55)73)47(45)35-104-71(102)78-29-28-77-70(107)82-39-11-18-48-46(30-39)67(100)106-72(48)49-19-14-42(89)31-56(49)105-57-32-43(90)15-20-50(57)72/h5-15,18-20,30-32,34,44-45,47,52-54,79,89-90H,2-4,16-17,21-29,33,35,73,75H2,1H3,(H,76,93)(H,78,102)(H,83,91)(H,84,92)(H,85,94)(H,96,97)(H,98,99)(H2,77,82,107)(H3,74,80,86,87,95)/b55-51-/t44-,45+,47-,52-,53-,54-/m0/s1. The summed E-state index contributed by atoms with van der Waals surface area (Å²) in [6.45, 7) is 1.02. The molecule has 4 heterocycles. The Balaban J connectivity index is 0.547. The molecule has 11 rings (SSSR count). The third kappa shape index (κ3) is 18.1. The molecule has 2 aliphatic carbocycles. The summed E-state index contributed by atoms with van der Waals surface area (Å²) in [7, 11) is 1.14. The molecule has 0 radical (unpaired) electrons. The number of fused-ring (bicyclic) bond motifs is 8. The molecular formula is C72H78N16O18S. The van der Waals surface area contributed by atoms with E-state index in [-0.39, 0.29) is 113 Å². The topological polar surface area (TPSA) is 521 Å². The number of carboxylic acids is 2. The lowest BCUT2D eigenvalue weighted by Gasteiger charge is -2.36. The van der Waals surface area contributed by atoms with Crippen molar-refractivity contribution in [2.24, 2.45) is 29.3 Å². The number of esters is 2. The fraction of sp³-hybridized carbons (Fsp3) is 0.333. The fourth-order valence-corrected chi connectivity index (χ4v) is 13.5. The first-order valence-corrected chi connectivity index (χ1v) is 34.6. The second-order valence-electron chi connectivity index (χ2n) is 25.8. The van der Waals surface area contributed by atoms with E-state index < -0.39 is 103 Å². The number of carbonyl (C=O) groups is 9. The summed E-state index contributed by atoms with van der Waals surface area (Å²) < 4.78 is 22.7. The van der Waals surface area contributed by atoms with Crippen LogP contribution < -0.4 is 69.6 Å². The van der Waals surface area contributed by atoms with Crippen molar-refractivity contribution in [2.75, 3.05) is 54.7 Å². The van der Waals surface area contributed by atoms with E-state index in [1.54, 1.807) is 66.7 Å². The lowest BCUT2D eigenvalue weighted by atomic mass is 9.77. The molecule has 0 bridgehead atoms. The number of carbonyl (C=O) groups excluding carboxylic acids is 7. The molecule has 4 aliphatic rings. The highest BCUT2D eigenvalue weighted by Gasteiger charge is 2.54. The lowest BCUT2D eigenvalue weighted by Crippen LogP contribution is -2.45. The fourth-order valence-electron chi connectivity index (χ4n) is 13.3. The number of unbranched alkanes of at least 4 members (excludes halogenated alkanes) is 1. The number of aromatic nitrogens is 4. The number of rotatable bonds is 30. The van der Waals surface area contributed by atoms with E-state index in [0.717, 1.165) is 25.6 Å². The highest BCUT2D eigenvalue weighted by atomic mass is 32.1. The van der Waals surface area contributed by atoms with Crippen LogP contribution in [0, 0.1) is 17.8 Å². The number of methoxy groups -OCH3 is 1. The maximum Gasteiger partial charge on any atom is 0.407 e. The molecule has 0 saturated heterocycles. The molecule has 1 saturated carbocycles. The van der Waals surface area contributed by atoms with Crippen molar-refractivity contribution < 1.29 is 87.6 Å². The number of nitrogens with two attached hydrogens (primary N) is 3. The molecule has 0 unspecified atom stereocenters. The van der Waals surface area contributed by atoms with Crippen molar-refractivity contribution in [3.63, 3.8) is 0 Å². The minimum absolute atomic E-state index is 0.0516. The normalized spacial score (nSPS) is 17.1. The third-order valence-electron chi connectivity index (χ3n) is 18.8. The zero-order valence-electron chi connectivity index (χ0n) is 57.6. The Bertz CT molecular complexity index is 4590. The van der Waals surface area contributed by atoms with Crippen LogP contribution in [0.4, 0.5) is 27.8 Å². The molecule has 1 spiro atoms. The van der Waals surface area contributed by atoms with Gasteiger partial charge in [0.15, 0.2) is 21.9 Å². The first kappa shape index (κ1) is 75.5. The summed E-state index contributed by atoms with van der Waals surface area (Å²) in [6.07, 6.45) is 2.59. The monoisotopic (exact) mass is 1490 g/mol. The van der Waals surface area contributed by atoms with Gasteiger partial charge in [-0.2, -0.15) is 9.97 Å². The predicted molar refractivity (Wildman–Crippen MR) is 387 cm³/mol. The number of nitrogens with one attached hydrogen (secondary N) is 8. The smallest absolute Gasteiger partial charge is 0.407 e. The molecule has 2 aliphatic heterocycles. The number of carboxylic acid groups (broad SMARTS) is 2. The minimum atomic E-state index is -1.58. The lowest BCUT2D eigenvalue weighted by molar-refractivity contribution is -0.145. The molecule has 5 amide bonds. The zero-order chi connectivity index (χ0) is 76.2. The Hall–Kier alpha value is -12.7. The van der Waals surface area contributed by atoms with Crippen molar-refractivity contribution in [1.82, 2.24) is 51.8 Å². The van der Waals surface area contributed by atoms with Crippen LogP contribution in [0.3, 0.4) is 0 Å². The molecule has 6 atom stereocenters. The number of allylic oxidation sites excluding steroid dienone is 2. The number of ether oxygens (including phenoxy) is 4. The second-order valence-corrected chi connectivity index (χ2v) is 26.2. The Labute approximate surface area is 615 Å². The quantitative estimate of drug-likeness (QED) is 0.00713. The summed E-state index contributed by atoms with van der Waals surface area (Å²) in [5.74, 6) is 0.219. The molecule has 7 aromatic rings. The van der Waals surface area contributed by atoms with E-state index in [4.69, 9.17) is 48.5 Å². The third-order valence-corrected chi connectivity index (χ3v) is 19.1. The molecule has 1 fully saturated rings. The molecule has 560 valence electrons. The molecule has 107 heavy (non-hydrogen) atoms. The van der Waals surface area contributed by atoms with Crippen molar-refractivity contribution in [1.29, 1.82) is 0 Å². The summed E-state index contributed by atoms with van der Waals surface area (Å²) in [4.78, 5) is 132. The van der Waals surface area contributed by atoms with Gasteiger partial charge in [0.2, 0.25) is 23.6 Å². The van der Waals surface area contributed by atoms with Crippen LogP contribution in [0.1, 0.15) is 124 Å². The summed E-state index contributed by atoms with van der Waals surface area (Å²) >= 11 is 5.53. The van der Waals surface area contributed by atoms with E-state index >= 15 is 0 Å². The molecule has 5 aromatic carbocycles. The summed E-state index contributed by atoms with van der Waals surface area (Å²) in [5, 5.41) is 74.0. The molecule has 34 nitrogen and oxygen atoms in total. The van der Waals surface area contributed by atoms with Gasteiger partial charge in [0.05, 0.1) is 49.1 Å². The van der Waals surface area contributed by atoms with Gasteiger partial charge in [-0.15, -0.1) is 0 Å². The molecular weight excluding hydrogens is 1410 g/mol. The maximum atomic E-state index is 13.6. The van der Waals surface area contributed by atoms with Crippen LogP contribution >= 0.6 is 12.2 Å². The number of aromatic hydroxyl groups is 3. The number of anilines is 4. The number of nitrogen functional groups attached to an aromatic ring is 1. The van der Waals surface area contributed by atoms with Gasteiger partial charge in [-0.3, -0.25) is 24.2 Å². The van der Waals surface area contributed by atoms with Gasteiger partial charge in [0.1, 0.15) is 41.1 Å². The van der Waals surface area contributed by atoms with Gasteiger partial charge in [-0.1, -0.05) is 6.07 Å². The number of nitrogens with zero attached hydrogens (tertiary/aromatic N) is 5. The van der Waals surface area contributed by atoms with Gasteiger partial charge in [0.25, 0.3) is 11.8 Å². The summed E-state index contributed by atoms with van der Waals surface area (Å²) in [6, 6.07) is 22.5. The van der Waals surface area contributed by atoms with Crippen molar-refractivity contribution in [3.8, 4) is 28.9 Å². The minimum Gasteiger partial charge on any atom is -0.508 e. The number of phenolic OH excluding ortho intramolecular Hbond substituents is 2. The second kappa shape index (κ2) is 33.4. The average Bonchev–Trinajstić information content (AvgIpc) is 1.60. The number of thiocarbonyl (C=S) groups is 1. The summed E-state index contributed by atoms with van der Waals surface area (Å²) in [5.41, 5.74) is 16.6. The van der Waals surface area contributed by atoms with E-state index in [2.05, 4.69) is 62.5 Å². The van der Waals surface area contributed by atoms with Crippen LogP contribution in [-0.4, -0.2) is 156 Å². The van der Waals surface area contributed by atoms with E-state index in [9.17, 15) is 68.7 Å².